The topological polar surface area (TPSA) is 75.7 Å². The van der Waals surface area contributed by atoms with E-state index in [0.717, 1.165) is 7.11 Å². The molecule has 5 heteroatoms. The number of hydrogen-bond acceptors (Lipinski definition) is 5. The number of benzene rings is 1. The van der Waals surface area contributed by atoms with Gasteiger partial charge < -0.3 is 19.4 Å². The molecule has 0 aliphatic rings. The molecular weight excluding hydrogens is 200 g/mol. The third-order valence-electron chi connectivity index (χ3n) is 1.86. The van der Waals surface area contributed by atoms with E-state index in [4.69, 9.17) is 4.74 Å². The summed E-state index contributed by atoms with van der Waals surface area (Å²) in [5.41, 5.74) is -0.385. The Kier molecular flexibility index (Phi) is 3.28. The number of carboxylic acids is 1. The maximum Gasteiger partial charge on any atom is 0.342 e. The number of esters is 1. The molecule has 15 heavy (non-hydrogen) atoms. The van der Waals surface area contributed by atoms with E-state index in [1.165, 1.54) is 25.3 Å². The largest absolute Gasteiger partial charge is 0.545 e. The zero-order valence-corrected chi connectivity index (χ0v) is 8.27. The zero-order chi connectivity index (χ0) is 11.4. The molecule has 1 aromatic carbocycles. The van der Waals surface area contributed by atoms with Crippen molar-refractivity contribution in [1.29, 1.82) is 0 Å². The van der Waals surface area contributed by atoms with E-state index in [1.54, 1.807) is 0 Å². The summed E-state index contributed by atoms with van der Waals surface area (Å²) in [4.78, 5) is 22.1. The highest BCUT2D eigenvalue weighted by molar-refractivity contribution is 6.03. The van der Waals surface area contributed by atoms with Gasteiger partial charge in [0.25, 0.3) is 0 Å². The van der Waals surface area contributed by atoms with Gasteiger partial charge in [-0.1, -0.05) is 12.1 Å². The Labute approximate surface area is 86.2 Å². The van der Waals surface area contributed by atoms with Gasteiger partial charge in [0, 0.05) is 5.56 Å². The Bertz CT molecular complexity index is 397. The molecule has 0 aliphatic heterocycles. The van der Waals surface area contributed by atoms with Gasteiger partial charge in [0.05, 0.1) is 20.2 Å². The van der Waals surface area contributed by atoms with Gasteiger partial charge in [0.2, 0.25) is 0 Å². The minimum atomic E-state index is -1.45. The maximum atomic E-state index is 11.3. The molecule has 0 amide bonds. The number of carbonyl (C=O) groups is 2. The van der Waals surface area contributed by atoms with Crippen LogP contribution in [-0.4, -0.2) is 26.2 Å². The number of aromatic carboxylic acids is 1. The SMILES string of the molecule is COC(=O)c1c(OC)cccc1C(=O)[O-]. The number of hydrogen-bond donors (Lipinski definition) is 0. The highest BCUT2D eigenvalue weighted by atomic mass is 16.5. The quantitative estimate of drug-likeness (QED) is 0.647. The van der Waals surface area contributed by atoms with E-state index < -0.39 is 11.9 Å². The molecule has 0 saturated heterocycles. The summed E-state index contributed by atoms with van der Waals surface area (Å²) < 4.78 is 9.33. The lowest BCUT2D eigenvalue weighted by molar-refractivity contribution is -0.255. The Hall–Kier alpha value is -2.04. The van der Waals surface area contributed by atoms with E-state index in [9.17, 15) is 14.7 Å². The zero-order valence-electron chi connectivity index (χ0n) is 8.27. The number of ether oxygens (including phenoxy) is 2. The van der Waals surface area contributed by atoms with Crippen LogP contribution in [0, 0.1) is 0 Å². The molecule has 5 nitrogen and oxygen atoms in total. The standard InChI is InChI=1S/C10H10O5/c1-14-7-5-3-4-6(9(11)12)8(7)10(13)15-2/h3-5H,1-2H3,(H,11,12)/p-1. The van der Waals surface area contributed by atoms with Crippen LogP contribution in [0.2, 0.25) is 0 Å². The van der Waals surface area contributed by atoms with Gasteiger partial charge in [0.15, 0.2) is 0 Å². The molecule has 1 rings (SSSR count). The molecule has 0 spiro atoms. The van der Waals surface area contributed by atoms with Gasteiger partial charge in [-0.15, -0.1) is 0 Å². The van der Waals surface area contributed by atoms with E-state index in [1.807, 2.05) is 0 Å². The second kappa shape index (κ2) is 4.45. The van der Waals surface area contributed by atoms with E-state index in [-0.39, 0.29) is 16.9 Å². The summed E-state index contributed by atoms with van der Waals surface area (Å²) in [5.74, 6) is -2.08. The molecule has 0 aliphatic carbocycles. The van der Waals surface area contributed by atoms with Gasteiger partial charge in [-0.25, -0.2) is 4.79 Å². The number of carbonyl (C=O) groups excluding carboxylic acids is 2. The van der Waals surface area contributed by atoms with Crippen LogP contribution in [0.1, 0.15) is 20.7 Å². The maximum absolute atomic E-state index is 11.3. The molecule has 0 fully saturated rings. The van der Waals surface area contributed by atoms with Crippen LogP contribution in [0.5, 0.6) is 5.75 Å². The Morgan fingerprint density at radius 3 is 2.40 bits per heavy atom. The average molecular weight is 209 g/mol. The molecule has 0 bridgehead atoms. The molecule has 80 valence electrons. The van der Waals surface area contributed by atoms with Crippen LogP contribution in [0.15, 0.2) is 18.2 Å². The van der Waals surface area contributed by atoms with Crippen molar-refractivity contribution in [2.24, 2.45) is 0 Å². The van der Waals surface area contributed by atoms with Crippen molar-refractivity contribution in [3.05, 3.63) is 29.3 Å². The third-order valence-corrected chi connectivity index (χ3v) is 1.86. The molecule has 0 atom stereocenters. The first-order valence-electron chi connectivity index (χ1n) is 4.08. The second-order valence-corrected chi connectivity index (χ2v) is 2.66. The van der Waals surface area contributed by atoms with E-state index >= 15 is 0 Å². The van der Waals surface area contributed by atoms with Crippen LogP contribution in [0.4, 0.5) is 0 Å². The lowest BCUT2D eigenvalue weighted by Crippen LogP contribution is -2.25. The summed E-state index contributed by atoms with van der Waals surface area (Å²) in [5, 5.41) is 10.7. The average Bonchev–Trinajstić information content (AvgIpc) is 2.26. The lowest BCUT2D eigenvalue weighted by Gasteiger charge is -2.12. The van der Waals surface area contributed by atoms with Crippen molar-refractivity contribution in [1.82, 2.24) is 0 Å². The molecule has 0 saturated carbocycles. The Morgan fingerprint density at radius 2 is 1.93 bits per heavy atom. The summed E-state index contributed by atoms with van der Waals surface area (Å²) in [7, 11) is 2.49. The van der Waals surface area contributed by atoms with Gasteiger partial charge in [-0.3, -0.25) is 0 Å². The van der Waals surface area contributed by atoms with Gasteiger partial charge in [-0.05, 0) is 6.07 Å². The smallest absolute Gasteiger partial charge is 0.342 e. The van der Waals surface area contributed by atoms with Crippen molar-refractivity contribution < 1.29 is 24.2 Å². The van der Waals surface area contributed by atoms with Crippen LogP contribution in [-0.2, 0) is 4.74 Å². The molecule has 0 unspecified atom stereocenters. The van der Waals surface area contributed by atoms with Crippen LogP contribution in [0.25, 0.3) is 0 Å². The van der Waals surface area contributed by atoms with Crippen LogP contribution < -0.4 is 9.84 Å². The van der Waals surface area contributed by atoms with Crippen molar-refractivity contribution in [3.8, 4) is 5.75 Å². The van der Waals surface area contributed by atoms with Crippen LogP contribution >= 0.6 is 0 Å². The van der Waals surface area contributed by atoms with Crippen molar-refractivity contribution in [3.63, 3.8) is 0 Å². The summed E-state index contributed by atoms with van der Waals surface area (Å²) in [6.45, 7) is 0. The fourth-order valence-electron chi connectivity index (χ4n) is 1.18. The number of carboxylic acid groups (broad SMARTS) is 1. The molecule has 0 radical (unpaired) electrons. The first-order chi connectivity index (χ1) is 7.11. The number of rotatable bonds is 3. The second-order valence-electron chi connectivity index (χ2n) is 2.66. The summed E-state index contributed by atoms with van der Waals surface area (Å²) >= 11 is 0. The Balaban J connectivity index is 3.40. The molecule has 0 aromatic heterocycles. The van der Waals surface area contributed by atoms with E-state index in [0.29, 0.717) is 0 Å². The monoisotopic (exact) mass is 209 g/mol. The highest BCUT2D eigenvalue weighted by Gasteiger charge is 2.17. The first-order valence-corrected chi connectivity index (χ1v) is 4.08. The Morgan fingerprint density at radius 1 is 1.27 bits per heavy atom. The fourth-order valence-corrected chi connectivity index (χ4v) is 1.18. The van der Waals surface area contributed by atoms with Gasteiger partial charge in [0.1, 0.15) is 11.3 Å². The fraction of sp³-hybridized carbons (Fsp3) is 0.200. The van der Waals surface area contributed by atoms with Crippen LogP contribution in [0.3, 0.4) is 0 Å². The van der Waals surface area contributed by atoms with Crippen molar-refractivity contribution in [2.45, 2.75) is 0 Å². The minimum Gasteiger partial charge on any atom is -0.545 e. The molecule has 1 aromatic rings. The minimum absolute atomic E-state index is 0.137. The van der Waals surface area contributed by atoms with Gasteiger partial charge in [-0.2, -0.15) is 0 Å². The molecular formula is C10H9O5-. The number of methoxy groups -OCH3 is 2. The normalized spacial score (nSPS) is 9.47. The molecule has 0 heterocycles. The predicted molar refractivity (Wildman–Crippen MR) is 48.7 cm³/mol. The first kappa shape index (κ1) is 11.0. The van der Waals surface area contributed by atoms with Gasteiger partial charge >= 0.3 is 5.97 Å². The highest BCUT2D eigenvalue weighted by Crippen LogP contribution is 2.22. The predicted octanol–water partition coefficient (Wildman–Crippen LogP) is -0.155. The summed E-state index contributed by atoms with van der Waals surface area (Å²) in [6, 6.07) is 4.18. The van der Waals surface area contributed by atoms with E-state index in [2.05, 4.69) is 4.74 Å². The third kappa shape index (κ3) is 2.07. The van der Waals surface area contributed by atoms with Crippen molar-refractivity contribution >= 4 is 11.9 Å². The lowest BCUT2D eigenvalue weighted by atomic mass is 10.1. The van der Waals surface area contributed by atoms with Crippen molar-refractivity contribution in [2.75, 3.05) is 14.2 Å². The summed E-state index contributed by atoms with van der Waals surface area (Å²) in [6.07, 6.45) is 0. The molecule has 0 N–H and O–H groups in total.